The highest BCUT2D eigenvalue weighted by Gasteiger charge is 2.26. The van der Waals surface area contributed by atoms with Gasteiger partial charge < -0.3 is 15.5 Å². The van der Waals surface area contributed by atoms with E-state index in [0.29, 0.717) is 19.4 Å². The summed E-state index contributed by atoms with van der Waals surface area (Å²) in [5.74, 6) is -1.55. The number of H-pyrrole nitrogens is 1. The van der Waals surface area contributed by atoms with Gasteiger partial charge in [0.2, 0.25) is 0 Å². The maximum absolute atomic E-state index is 11.9. The predicted molar refractivity (Wildman–Crippen MR) is 74.1 cm³/mol. The summed E-state index contributed by atoms with van der Waals surface area (Å²) in [6.45, 7) is 0.443. The predicted octanol–water partition coefficient (Wildman–Crippen LogP) is 0.701. The minimum Gasteiger partial charge on any atom is -0.494 e. The van der Waals surface area contributed by atoms with Crippen LogP contribution < -0.4 is 10.9 Å². The molecule has 4 N–H and O–H groups in total. The van der Waals surface area contributed by atoms with Crippen molar-refractivity contribution in [3.8, 4) is 5.88 Å². The maximum atomic E-state index is 11.9. The van der Waals surface area contributed by atoms with E-state index in [9.17, 15) is 19.5 Å². The first-order chi connectivity index (χ1) is 9.95. The summed E-state index contributed by atoms with van der Waals surface area (Å²) in [7, 11) is 0. The third-order valence-electron chi connectivity index (χ3n) is 3.84. The molecule has 1 aliphatic carbocycles. The van der Waals surface area contributed by atoms with Crippen molar-refractivity contribution in [1.29, 1.82) is 0 Å². The number of carbonyl (C=O) groups is 2. The smallest absolute Gasteiger partial charge is 0.306 e. The molecule has 21 heavy (non-hydrogen) atoms. The zero-order valence-corrected chi connectivity index (χ0v) is 11.5. The van der Waals surface area contributed by atoms with Crippen molar-refractivity contribution in [2.45, 2.75) is 25.7 Å². The lowest BCUT2D eigenvalue weighted by atomic mass is 9.82. The van der Waals surface area contributed by atoms with Crippen LogP contribution in [0.5, 0.6) is 5.88 Å². The third-order valence-corrected chi connectivity index (χ3v) is 3.84. The number of aromatic amines is 1. The van der Waals surface area contributed by atoms with Crippen molar-refractivity contribution in [2.75, 3.05) is 6.54 Å². The van der Waals surface area contributed by atoms with Gasteiger partial charge in [0, 0.05) is 18.7 Å². The fourth-order valence-corrected chi connectivity index (χ4v) is 2.61. The van der Waals surface area contributed by atoms with Gasteiger partial charge in [0.15, 0.2) is 5.88 Å². The number of hydrogen-bond acceptors (Lipinski definition) is 4. The van der Waals surface area contributed by atoms with Gasteiger partial charge in [0.05, 0.1) is 11.5 Å². The Hall–Kier alpha value is -2.31. The molecule has 0 unspecified atom stereocenters. The molecule has 1 saturated carbocycles. The lowest BCUT2D eigenvalue weighted by molar-refractivity contribution is -0.143. The van der Waals surface area contributed by atoms with Crippen molar-refractivity contribution in [3.05, 3.63) is 28.0 Å². The summed E-state index contributed by atoms with van der Waals surface area (Å²) in [4.78, 5) is 36.1. The summed E-state index contributed by atoms with van der Waals surface area (Å²) >= 11 is 0. The summed E-state index contributed by atoms with van der Waals surface area (Å²) in [6.07, 6.45) is 2.78. The van der Waals surface area contributed by atoms with Crippen LogP contribution in [0.2, 0.25) is 0 Å². The van der Waals surface area contributed by atoms with Gasteiger partial charge in [-0.15, -0.1) is 0 Å². The lowest BCUT2D eigenvalue weighted by Crippen LogP contribution is -2.32. The number of carboxylic acid groups (broad SMARTS) is 1. The molecule has 0 radical (unpaired) electrons. The normalized spacial score (nSPS) is 21.7. The van der Waals surface area contributed by atoms with E-state index in [4.69, 9.17) is 5.11 Å². The summed E-state index contributed by atoms with van der Waals surface area (Å²) < 4.78 is 0. The van der Waals surface area contributed by atoms with E-state index in [0.717, 1.165) is 18.9 Å². The van der Waals surface area contributed by atoms with E-state index in [-0.39, 0.29) is 23.3 Å². The summed E-state index contributed by atoms with van der Waals surface area (Å²) in [5, 5.41) is 20.9. The molecule has 1 amide bonds. The quantitative estimate of drug-likeness (QED) is 0.651. The second-order valence-electron chi connectivity index (χ2n) is 5.38. The highest BCUT2D eigenvalue weighted by atomic mass is 16.4. The molecule has 0 aromatic carbocycles. The van der Waals surface area contributed by atoms with Crippen LogP contribution in [-0.2, 0) is 4.79 Å². The van der Waals surface area contributed by atoms with Gasteiger partial charge in [0.1, 0.15) is 0 Å². The Balaban J connectivity index is 1.85. The van der Waals surface area contributed by atoms with Crippen LogP contribution in [0.1, 0.15) is 36.0 Å². The molecule has 0 saturated heterocycles. The first kappa shape index (κ1) is 15.1. The molecule has 7 nitrogen and oxygen atoms in total. The van der Waals surface area contributed by atoms with E-state index >= 15 is 0 Å². The van der Waals surface area contributed by atoms with Gasteiger partial charge >= 0.3 is 5.97 Å². The molecule has 114 valence electrons. The number of hydrogen-bond donors (Lipinski definition) is 4. The standard InChI is InChI=1S/C14H18N2O5/c17-11-5-10(6-12(18)16-11)13(19)15-7-8-1-3-9(4-2-8)14(20)21/h5-6,8-9H,1-4,7H2,(H,15,19)(H,20,21)(H2,16,17,18). The van der Waals surface area contributed by atoms with Gasteiger partial charge in [-0.2, -0.15) is 0 Å². The Morgan fingerprint density at radius 3 is 2.48 bits per heavy atom. The first-order valence-electron chi connectivity index (χ1n) is 6.90. The molecule has 7 heteroatoms. The highest BCUT2D eigenvalue weighted by Crippen LogP contribution is 2.28. The van der Waals surface area contributed by atoms with Crippen LogP contribution in [-0.4, -0.2) is 33.6 Å². The Labute approximate surface area is 121 Å². The van der Waals surface area contributed by atoms with Gasteiger partial charge in [-0.25, -0.2) is 0 Å². The molecule has 0 aliphatic heterocycles. The monoisotopic (exact) mass is 294 g/mol. The van der Waals surface area contributed by atoms with Gasteiger partial charge in [-0.3, -0.25) is 19.4 Å². The number of aliphatic carboxylic acids is 1. The number of aromatic nitrogens is 1. The summed E-state index contributed by atoms with van der Waals surface area (Å²) in [6, 6.07) is 2.31. The van der Waals surface area contributed by atoms with Crippen molar-refractivity contribution in [1.82, 2.24) is 10.3 Å². The van der Waals surface area contributed by atoms with Crippen molar-refractivity contribution in [3.63, 3.8) is 0 Å². The minimum absolute atomic E-state index is 0.107. The third kappa shape index (κ3) is 4.08. The summed E-state index contributed by atoms with van der Waals surface area (Å²) in [5.41, 5.74) is -0.433. The van der Waals surface area contributed by atoms with Gasteiger partial charge in [-0.05, 0) is 31.6 Å². The minimum atomic E-state index is -0.753. The number of nitrogens with one attached hydrogen (secondary N) is 2. The maximum Gasteiger partial charge on any atom is 0.306 e. The Bertz CT molecular complexity index is 587. The topological polar surface area (TPSA) is 119 Å². The van der Waals surface area contributed by atoms with E-state index in [2.05, 4.69) is 10.3 Å². The lowest BCUT2D eigenvalue weighted by Gasteiger charge is -2.26. The second-order valence-corrected chi connectivity index (χ2v) is 5.38. The zero-order chi connectivity index (χ0) is 15.4. The average molecular weight is 294 g/mol. The van der Waals surface area contributed by atoms with Gasteiger partial charge in [0.25, 0.3) is 11.5 Å². The van der Waals surface area contributed by atoms with Crippen LogP contribution in [0.4, 0.5) is 0 Å². The number of pyridine rings is 1. The van der Waals surface area contributed by atoms with E-state index in [1.54, 1.807) is 0 Å². The number of amides is 1. The molecule has 0 atom stereocenters. The Morgan fingerprint density at radius 1 is 1.24 bits per heavy atom. The van der Waals surface area contributed by atoms with Gasteiger partial charge in [-0.1, -0.05) is 0 Å². The molecule has 0 spiro atoms. The molecule has 2 rings (SSSR count). The zero-order valence-electron chi connectivity index (χ0n) is 11.5. The number of rotatable bonds is 4. The fourth-order valence-electron chi connectivity index (χ4n) is 2.61. The van der Waals surface area contributed by atoms with E-state index < -0.39 is 17.4 Å². The van der Waals surface area contributed by atoms with Crippen molar-refractivity contribution >= 4 is 11.9 Å². The largest absolute Gasteiger partial charge is 0.494 e. The van der Waals surface area contributed by atoms with Crippen LogP contribution >= 0.6 is 0 Å². The Morgan fingerprint density at radius 2 is 1.90 bits per heavy atom. The number of aromatic hydroxyl groups is 1. The molecule has 1 fully saturated rings. The van der Waals surface area contributed by atoms with E-state index in [1.165, 1.54) is 6.07 Å². The molecular formula is C14H18N2O5. The van der Waals surface area contributed by atoms with Crippen LogP contribution in [0, 0.1) is 11.8 Å². The van der Waals surface area contributed by atoms with Crippen LogP contribution in [0.15, 0.2) is 16.9 Å². The average Bonchev–Trinajstić information content (AvgIpc) is 2.44. The van der Waals surface area contributed by atoms with Crippen molar-refractivity contribution in [2.24, 2.45) is 11.8 Å². The highest BCUT2D eigenvalue weighted by molar-refractivity contribution is 5.94. The van der Waals surface area contributed by atoms with Crippen molar-refractivity contribution < 1.29 is 19.8 Å². The Kier molecular flexibility index (Phi) is 4.62. The molecule has 1 aromatic rings. The first-order valence-corrected chi connectivity index (χ1v) is 6.90. The number of carboxylic acids is 1. The molecule has 1 heterocycles. The second kappa shape index (κ2) is 6.43. The molecule has 1 aliphatic rings. The van der Waals surface area contributed by atoms with Crippen LogP contribution in [0.25, 0.3) is 0 Å². The molecular weight excluding hydrogens is 276 g/mol. The SMILES string of the molecule is O=C(NCC1CCC(C(=O)O)CC1)c1cc(O)[nH]c(=O)c1. The van der Waals surface area contributed by atoms with Crippen LogP contribution in [0.3, 0.4) is 0 Å². The molecule has 1 aromatic heterocycles. The van der Waals surface area contributed by atoms with E-state index in [1.807, 2.05) is 0 Å². The fraction of sp³-hybridized carbons (Fsp3) is 0.500. The molecule has 0 bridgehead atoms. The number of carbonyl (C=O) groups excluding carboxylic acids is 1.